The maximum Gasteiger partial charge on any atom is 0.362 e. The third kappa shape index (κ3) is 19.8. The highest BCUT2D eigenvalue weighted by Crippen LogP contribution is 2.52. The lowest BCUT2D eigenvalue weighted by Gasteiger charge is -2.35. The Bertz CT molecular complexity index is 579. The first kappa shape index (κ1) is 33.5. The number of quaternary nitrogens is 1. The number of hydrogen-bond donors (Lipinski definition) is 3. The predicted octanol–water partition coefficient (Wildman–Crippen LogP) is 7.71. The van der Waals surface area contributed by atoms with Gasteiger partial charge in [-0.3, -0.25) is 4.57 Å². The zero-order valence-electron chi connectivity index (χ0n) is 22.9. The maximum absolute atomic E-state index is 11.8. The lowest BCUT2D eigenvalue weighted by atomic mass is 10.1. The van der Waals surface area contributed by atoms with Crippen LogP contribution in [0, 0.1) is 0 Å². The monoisotopic (exact) mass is 502 g/mol. The Morgan fingerprint density at radius 3 is 1.35 bits per heavy atom. The summed E-state index contributed by atoms with van der Waals surface area (Å²) in [4.78, 5) is 19.2. The van der Waals surface area contributed by atoms with Crippen LogP contribution in [0.5, 0.6) is 0 Å². The molecule has 202 valence electrons. The summed E-state index contributed by atoms with van der Waals surface area (Å²) in [6, 6.07) is 0. The van der Waals surface area contributed by atoms with E-state index in [1.165, 1.54) is 77.0 Å². The molecule has 3 N–H and O–H groups in total. The van der Waals surface area contributed by atoms with Gasteiger partial charge < -0.3 is 19.4 Å². The van der Waals surface area contributed by atoms with Gasteiger partial charge in [0.1, 0.15) is 6.54 Å². The molecule has 0 aliphatic rings. The lowest BCUT2D eigenvalue weighted by Crippen LogP contribution is -2.49. The maximum atomic E-state index is 11.8. The topological polar surface area (TPSA) is 77.8 Å². The Labute approximate surface area is 211 Å². The molecule has 0 aliphatic heterocycles. The van der Waals surface area contributed by atoms with Gasteiger partial charge in [-0.25, -0.2) is 0 Å². The van der Waals surface area contributed by atoms with E-state index in [0.29, 0.717) is 10.9 Å². The Morgan fingerprint density at radius 1 is 0.647 bits per heavy atom. The third-order valence-corrected chi connectivity index (χ3v) is 7.70. The summed E-state index contributed by atoms with van der Waals surface area (Å²) < 4.78 is 12.1. The molecule has 0 aromatic heterocycles. The molecule has 0 aliphatic carbocycles. The smallest absolute Gasteiger partial charge is 0.362 e. The predicted molar refractivity (Wildman–Crippen MR) is 147 cm³/mol. The second-order valence-corrected chi connectivity index (χ2v) is 13.0. The van der Waals surface area contributed by atoms with Crippen molar-refractivity contribution in [3.05, 3.63) is 24.3 Å². The van der Waals surface area contributed by atoms with Crippen LogP contribution < -0.4 is 0 Å². The third-order valence-electron chi connectivity index (χ3n) is 6.25. The summed E-state index contributed by atoms with van der Waals surface area (Å²) in [6.45, 7) is 2.28. The number of allylic oxidation sites excluding steroid dienone is 4. The fourth-order valence-electron chi connectivity index (χ4n) is 4.32. The standard InChI is InChI=1S/C28H56NO4P/c1-5-6-7-8-9-10-11-12-13-14-15-16-17-18-19-20-21-22-23-24-25-26-28(30,34(31,32)33)27-29(2,3)4/h7-8,19-20,30H,5-6,9-18,21-27H2,1-4H3,(H-,31,32,33)/p+1/b8-7-,20-19-. The first-order valence-electron chi connectivity index (χ1n) is 13.9. The second kappa shape index (κ2) is 19.7. The first-order valence-corrected chi connectivity index (χ1v) is 15.5. The van der Waals surface area contributed by atoms with Crippen LogP contribution in [0.4, 0.5) is 0 Å². The zero-order valence-corrected chi connectivity index (χ0v) is 23.8. The molecule has 0 amide bonds. The van der Waals surface area contributed by atoms with E-state index in [0.717, 1.165) is 25.7 Å². The molecule has 0 heterocycles. The van der Waals surface area contributed by atoms with Gasteiger partial charge in [-0.15, -0.1) is 0 Å². The fraction of sp³-hybridized carbons (Fsp3) is 0.857. The van der Waals surface area contributed by atoms with Gasteiger partial charge in [0, 0.05) is 0 Å². The molecular formula is C28H57NO4P+. The van der Waals surface area contributed by atoms with E-state index in [9.17, 15) is 19.5 Å². The highest BCUT2D eigenvalue weighted by Gasteiger charge is 2.48. The molecule has 0 saturated heterocycles. The van der Waals surface area contributed by atoms with Crippen molar-refractivity contribution in [2.24, 2.45) is 0 Å². The largest absolute Gasteiger partial charge is 0.373 e. The van der Waals surface area contributed by atoms with Crippen molar-refractivity contribution < 1.29 is 23.9 Å². The van der Waals surface area contributed by atoms with Crippen molar-refractivity contribution in [2.45, 2.75) is 128 Å². The van der Waals surface area contributed by atoms with Gasteiger partial charge in [-0.05, 0) is 57.8 Å². The molecule has 0 saturated carbocycles. The minimum Gasteiger partial charge on any atom is -0.373 e. The van der Waals surface area contributed by atoms with Gasteiger partial charge in [0.2, 0.25) is 5.34 Å². The van der Waals surface area contributed by atoms with Crippen LogP contribution >= 0.6 is 7.60 Å². The average molecular weight is 503 g/mol. The van der Waals surface area contributed by atoms with E-state index in [1.807, 2.05) is 21.1 Å². The minimum atomic E-state index is -4.55. The first-order chi connectivity index (χ1) is 16.0. The summed E-state index contributed by atoms with van der Waals surface area (Å²) in [7, 11) is 0.956. The van der Waals surface area contributed by atoms with Gasteiger partial charge in [-0.2, -0.15) is 0 Å². The summed E-state index contributed by atoms with van der Waals surface area (Å²) in [5.41, 5.74) is 0. The van der Waals surface area contributed by atoms with E-state index < -0.39 is 12.9 Å². The van der Waals surface area contributed by atoms with E-state index in [-0.39, 0.29) is 13.0 Å². The Morgan fingerprint density at radius 2 is 1.00 bits per heavy atom. The number of likely N-dealkylation sites (N-methyl/N-ethyl adjacent to an activating group) is 1. The van der Waals surface area contributed by atoms with Gasteiger partial charge in [-0.1, -0.05) is 89.0 Å². The molecule has 6 heteroatoms. The van der Waals surface area contributed by atoms with Gasteiger partial charge in [0.05, 0.1) is 21.1 Å². The normalized spacial score (nSPS) is 14.9. The highest BCUT2D eigenvalue weighted by molar-refractivity contribution is 7.53. The number of rotatable bonds is 23. The van der Waals surface area contributed by atoms with E-state index in [1.54, 1.807) is 0 Å². The van der Waals surface area contributed by atoms with Crippen LogP contribution in [-0.4, -0.2) is 52.4 Å². The average Bonchev–Trinajstić information content (AvgIpc) is 2.73. The SMILES string of the molecule is CCC/C=C\CCCCCCCCCC/C=C\CCCCCCC(O)(C[N+](C)(C)C)P(=O)(O)O. The summed E-state index contributed by atoms with van der Waals surface area (Å²) in [5, 5.41) is 8.63. The van der Waals surface area contributed by atoms with Crippen LogP contribution in [-0.2, 0) is 4.57 Å². The fourth-order valence-corrected chi connectivity index (χ4v) is 5.38. The molecule has 34 heavy (non-hydrogen) atoms. The van der Waals surface area contributed by atoms with Crippen molar-refractivity contribution in [3.63, 3.8) is 0 Å². The molecule has 0 bridgehead atoms. The number of nitrogens with zero attached hydrogens (tertiary/aromatic N) is 1. The van der Waals surface area contributed by atoms with Crippen LogP contribution in [0.1, 0.15) is 122 Å². The van der Waals surface area contributed by atoms with Crippen LogP contribution in [0.2, 0.25) is 0 Å². The van der Waals surface area contributed by atoms with E-state index in [4.69, 9.17) is 0 Å². The zero-order chi connectivity index (χ0) is 25.8. The molecular weight excluding hydrogens is 445 g/mol. The molecule has 0 aromatic rings. The summed E-state index contributed by atoms with van der Waals surface area (Å²) >= 11 is 0. The molecule has 1 atom stereocenters. The Hall–Kier alpha value is -0.450. The van der Waals surface area contributed by atoms with Crippen LogP contribution in [0.15, 0.2) is 24.3 Å². The highest BCUT2D eigenvalue weighted by atomic mass is 31.2. The molecule has 0 fully saturated rings. The van der Waals surface area contributed by atoms with Crippen LogP contribution in [0.25, 0.3) is 0 Å². The van der Waals surface area contributed by atoms with Crippen molar-refractivity contribution >= 4 is 7.60 Å². The van der Waals surface area contributed by atoms with E-state index >= 15 is 0 Å². The van der Waals surface area contributed by atoms with Gasteiger partial charge in [0.25, 0.3) is 0 Å². The molecule has 0 radical (unpaired) electrons. The summed E-state index contributed by atoms with van der Waals surface area (Å²) in [5.74, 6) is 0. The lowest BCUT2D eigenvalue weighted by molar-refractivity contribution is -0.875. The minimum absolute atomic E-state index is 0.0526. The van der Waals surface area contributed by atoms with Crippen molar-refractivity contribution in [1.82, 2.24) is 0 Å². The number of hydrogen-bond acceptors (Lipinski definition) is 2. The van der Waals surface area contributed by atoms with Crippen LogP contribution in [0.3, 0.4) is 0 Å². The van der Waals surface area contributed by atoms with Crippen molar-refractivity contribution in [3.8, 4) is 0 Å². The quantitative estimate of drug-likeness (QED) is 0.0578. The van der Waals surface area contributed by atoms with Crippen molar-refractivity contribution in [2.75, 3.05) is 27.7 Å². The second-order valence-electron chi connectivity index (χ2n) is 11.1. The Kier molecular flexibility index (Phi) is 19.4. The van der Waals surface area contributed by atoms with E-state index in [2.05, 4.69) is 31.2 Å². The van der Waals surface area contributed by atoms with Gasteiger partial charge >= 0.3 is 7.60 Å². The summed E-state index contributed by atoms with van der Waals surface area (Å²) in [6.07, 6.45) is 29.9. The number of unbranched alkanes of at least 4 members (excludes halogenated alkanes) is 14. The molecule has 0 aromatic carbocycles. The Balaban J connectivity index is 3.59. The molecule has 5 nitrogen and oxygen atoms in total. The molecule has 0 spiro atoms. The molecule has 0 rings (SSSR count). The molecule has 1 unspecified atom stereocenters. The number of aliphatic hydroxyl groups is 1. The van der Waals surface area contributed by atoms with Gasteiger partial charge in [0.15, 0.2) is 0 Å². The van der Waals surface area contributed by atoms with Crippen molar-refractivity contribution in [1.29, 1.82) is 0 Å².